The second-order valence-corrected chi connectivity index (χ2v) is 11.3. The van der Waals surface area contributed by atoms with Gasteiger partial charge >= 0.3 is 5.97 Å². The molecule has 0 fully saturated rings. The van der Waals surface area contributed by atoms with E-state index in [-0.39, 0.29) is 29.4 Å². The lowest BCUT2D eigenvalue weighted by molar-refractivity contribution is 0.0458. The number of amides is 1. The summed E-state index contributed by atoms with van der Waals surface area (Å²) in [7, 11) is 1.47. The number of ether oxygens (including phenoxy) is 2. The highest BCUT2D eigenvalue weighted by molar-refractivity contribution is 6.05. The number of aliphatic hydroxyl groups is 1. The lowest BCUT2D eigenvalue weighted by atomic mass is 9.78. The molecule has 0 saturated heterocycles. The van der Waals surface area contributed by atoms with E-state index in [0.717, 1.165) is 11.1 Å². The van der Waals surface area contributed by atoms with Gasteiger partial charge < -0.3 is 19.0 Å². The molecule has 2 N–H and O–H groups in total. The third-order valence-electron chi connectivity index (χ3n) is 8.33. The maximum Gasteiger partial charge on any atom is 0.338 e. The van der Waals surface area contributed by atoms with Crippen LogP contribution in [0.25, 0.3) is 5.65 Å². The van der Waals surface area contributed by atoms with E-state index < -0.39 is 17.5 Å². The fourth-order valence-corrected chi connectivity index (χ4v) is 5.92. The van der Waals surface area contributed by atoms with Crippen molar-refractivity contribution in [3.8, 4) is 5.75 Å². The van der Waals surface area contributed by atoms with Crippen LogP contribution in [-0.2, 0) is 29.9 Å². The highest BCUT2D eigenvalue weighted by Gasteiger charge is 2.42. The molecule has 1 amide bonds. The Morgan fingerprint density at radius 1 is 0.938 bits per heavy atom. The number of nitrogens with one attached hydrogen (secondary N) is 1. The number of esters is 1. The standard InChI is InChI=1S/C37H36N6O5/c1-5-30-33(39-32-20-31(47-4)27(21-43(30)32)34(44)40-36-38-23-42(6-2)41-36)37(46,28-18-12-10-14-24(28)3)29-19-13-11-17-26(29)35(45)48-22-25-15-8-7-9-16-25/h7-21,23,46H,5-6,22H2,1-4H3,(H,40,41,44). The second-order valence-electron chi connectivity index (χ2n) is 11.3. The Bertz CT molecular complexity index is 2100. The molecule has 0 saturated carbocycles. The van der Waals surface area contributed by atoms with Gasteiger partial charge in [-0.2, -0.15) is 0 Å². The molecule has 3 aromatic carbocycles. The van der Waals surface area contributed by atoms with Crippen LogP contribution in [0.15, 0.2) is 97.5 Å². The maximum atomic E-state index is 13.7. The summed E-state index contributed by atoms with van der Waals surface area (Å²) >= 11 is 0. The number of benzene rings is 3. The number of fused-ring (bicyclic) bond motifs is 1. The zero-order chi connectivity index (χ0) is 33.8. The molecular formula is C37H36N6O5. The number of rotatable bonds is 11. The number of hydrogen-bond acceptors (Lipinski definition) is 8. The van der Waals surface area contributed by atoms with E-state index in [1.807, 2.05) is 75.4 Å². The molecule has 0 bridgehead atoms. The highest BCUT2D eigenvalue weighted by Crippen LogP contribution is 2.42. The maximum absolute atomic E-state index is 13.7. The molecule has 11 heteroatoms. The van der Waals surface area contributed by atoms with Crippen LogP contribution in [0.1, 0.15) is 68.2 Å². The highest BCUT2D eigenvalue weighted by atomic mass is 16.5. The molecule has 6 aromatic rings. The fourth-order valence-electron chi connectivity index (χ4n) is 5.92. The summed E-state index contributed by atoms with van der Waals surface area (Å²) in [6.07, 6.45) is 3.60. The van der Waals surface area contributed by atoms with Crippen LogP contribution in [0, 0.1) is 6.92 Å². The van der Waals surface area contributed by atoms with Crippen molar-refractivity contribution in [3.05, 3.63) is 142 Å². The quantitative estimate of drug-likeness (QED) is 0.171. The molecule has 11 nitrogen and oxygen atoms in total. The van der Waals surface area contributed by atoms with Crippen molar-refractivity contribution < 1.29 is 24.2 Å². The molecule has 0 aliphatic carbocycles. The Morgan fingerprint density at radius 3 is 2.33 bits per heavy atom. The summed E-state index contributed by atoms with van der Waals surface area (Å²) in [5.74, 6) is -0.613. The molecule has 0 spiro atoms. The van der Waals surface area contributed by atoms with E-state index in [1.54, 1.807) is 45.6 Å². The van der Waals surface area contributed by atoms with Crippen LogP contribution in [0.3, 0.4) is 0 Å². The number of carbonyl (C=O) groups is 2. The molecule has 0 radical (unpaired) electrons. The van der Waals surface area contributed by atoms with Crippen molar-refractivity contribution in [2.75, 3.05) is 12.4 Å². The zero-order valence-corrected chi connectivity index (χ0v) is 27.2. The Kier molecular flexibility index (Phi) is 9.04. The molecule has 48 heavy (non-hydrogen) atoms. The van der Waals surface area contributed by atoms with E-state index in [4.69, 9.17) is 14.5 Å². The van der Waals surface area contributed by atoms with Gasteiger partial charge in [0.2, 0.25) is 5.95 Å². The zero-order valence-electron chi connectivity index (χ0n) is 27.2. The van der Waals surface area contributed by atoms with Gasteiger partial charge in [0, 0.05) is 30.1 Å². The van der Waals surface area contributed by atoms with Crippen molar-refractivity contribution in [1.29, 1.82) is 0 Å². The van der Waals surface area contributed by atoms with Crippen LogP contribution in [0.4, 0.5) is 5.95 Å². The van der Waals surface area contributed by atoms with Crippen LogP contribution < -0.4 is 10.1 Å². The Labute approximate surface area is 277 Å². The topological polar surface area (TPSA) is 133 Å². The number of hydrogen-bond donors (Lipinski definition) is 2. The summed E-state index contributed by atoms with van der Waals surface area (Å²) in [6, 6.07) is 25.4. The largest absolute Gasteiger partial charge is 0.496 e. The van der Waals surface area contributed by atoms with Gasteiger partial charge in [-0.1, -0.05) is 79.7 Å². The van der Waals surface area contributed by atoms with E-state index in [0.29, 0.717) is 41.1 Å². The average Bonchev–Trinajstić information content (AvgIpc) is 3.74. The Hall–Kier alpha value is -5.81. The Morgan fingerprint density at radius 2 is 1.65 bits per heavy atom. The normalized spacial score (nSPS) is 12.4. The number of aromatic nitrogens is 5. The number of aryl methyl sites for hydroxylation is 3. The monoisotopic (exact) mass is 644 g/mol. The first kappa shape index (κ1) is 32.1. The minimum absolute atomic E-state index is 0.0736. The minimum Gasteiger partial charge on any atom is -0.496 e. The van der Waals surface area contributed by atoms with Crippen LogP contribution in [0.2, 0.25) is 0 Å². The van der Waals surface area contributed by atoms with Crippen molar-refractivity contribution in [2.45, 2.75) is 45.9 Å². The van der Waals surface area contributed by atoms with E-state index in [1.165, 1.54) is 13.4 Å². The van der Waals surface area contributed by atoms with E-state index in [9.17, 15) is 14.7 Å². The van der Waals surface area contributed by atoms with Gasteiger partial charge in [-0.25, -0.2) is 14.8 Å². The molecule has 6 rings (SSSR count). The van der Waals surface area contributed by atoms with Gasteiger partial charge in [0.05, 0.1) is 18.2 Å². The van der Waals surface area contributed by atoms with Crippen molar-refractivity contribution in [2.24, 2.45) is 0 Å². The summed E-state index contributed by atoms with van der Waals surface area (Å²) in [6.45, 7) is 6.44. The van der Waals surface area contributed by atoms with Gasteiger partial charge in [0.1, 0.15) is 30.0 Å². The van der Waals surface area contributed by atoms with Crippen LogP contribution in [0.5, 0.6) is 5.75 Å². The molecule has 244 valence electrons. The first-order valence-corrected chi connectivity index (χ1v) is 15.7. The van der Waals surface area contributed by atoms with Gasteiger partial charge in [0.25, 0.3) is 5.91 Å². The molecular weight excluding hydrogens is 608 g/mol. The number of anilines is 1. The summed E-state index contributed by atoms with van der Waals surface area (Å²) in [5, 5.41) is 20.1. The van der Waals surface area contributed by atoms with E-state index in [2.05, 4.69) is 15.4 Å². The number of methoxy groups -OCH3 is 1. The summed E-state index contributed by atoms with van der Waals surface area (Å²) in [5.41, 5.74) is 2.43. The number of imidazole rings is 1. The van der Waals surface area contributed by atoms with Crippen molar-refractivity contribution >= 4 is 23.5 Å². The van der Waals surface area contributed by atoms with Gasteiger partial charge in [-0.05, 0) is 43.0 Å². The third-order valence-corrected chi connectivity index (χ3v) is 8.33. The molecule has 0 aliphatic heterocycles. The van der Waals surface area contributed by atoms with Crippen LogP contribution in [-0.4, -0.2) is 48.2 Å². The Balaban J connectivity index is 1.51. The molecule has 1 unspecified atom stereocenters. The molecule has 0 aliphatic rings. The van der Waals surface area contributed by atoms with Gasteiger partial charge in [0.15, 0.2) is 5.60 Å². The number of carbonyl (C=O) groups excluding carboxylic acids is 2. The third kappa shape index (κ3) is 5.91. The predicted molar refractivity (Wildman–Crippen MR) is 180 cm³/mol. The van der Waals surface area contributed by atoms with Crippen LogP contribution >= 0.6 is 0 Å². The fraction of sp³-hybridized carbons (Fsp3) is 0.216. The number of pyridine rings is 1. The van der Waals surface area contributed by atoms with Crippen molar-refractivity contribution in [1.82, 2.24) is 24.1 Å². The average molecular weight is 645 g/mol. The van der Waals surface area contributed by atoms with Crippen molar-refractivity contribution in [3.63, 3.8) is 0 Å². The number of nitrogens with zero attached hydrogens (tertiary/aromatic N) is 5. The SMILES string of the molecule is CCc1c(C(O)(c2ccccc2C)c2ccccc2C(=O)OCc2ccccc2)nc2cc(OC)c(C(=O)Nc3ncn(CC)n3)cn12. The minimum atomic E-state index is -1.89. The first-order chi connectivity index (χ1) is 23.3. The lowest BCUT2D eigenvalue weighted by Crippen LogP contribution is -2.33. The van der Waals surface area contributed by atoms with Gasteiger partial charge in [-0.15, -0.1) is 5.10 Å². The molecule has 3 aromatic heterocycles. The summed E-state index contributed by atoms with van der Waals surface area (Å²) in [4.78, 5) is 36.3. The second kappa shape index (κ2) is 13.5. The van der Waals surface area contributed by atoms with E-state index >= 15 is 0 Å². The van der Waals surface area contributed by atoms with Gasteiger partial charge in [-0.3, -0.25) is 14.8 Å². The lowest BCUT2D eigenvalue weighted by Gasteiger charge is -2.31. The molecule has 3 heterocycles. The smallest absolute Gasteiger partial charge is 0.338 e. The predicted octanol–water partition coefficient (Wildman–Crippen LogP) is 5.72. The summed E-state index contributed by atoms with van der Waals surface area (Å²) < 4.78 is 14.7. The first-order valence-electron chi connectivity index (χ1n) is 15.7. The molecule has 1 atom stereocenters.